The Labute approximate surface area is 120 Å². The van der Waals surface area contributed by atoms with Crippen LogP contribution in [-0.2, 0) is 6.54 Å². The van der Waals surface area contributed by atoms with Crippen molar-refractivity contribution >= 4 is 17.3 Å². The average molecular weight is 280 g/mol. The predicted molar refractivity (Wildman–Crippen MR) is 80.4 cm³/mol. The fraction of sp³-hybridized carbons (Fsp3) is 0.600. The Morgan fingerprint density at radius 3 is 2.89 bits per heavy atom. The summed E-state index contributed by atoms with van der Waals surface area (Å²) in [5.41, 5.74) is 7.70. The lowest BCUT2D eigenvalue weighted by Gasteiger charge is -2.25. The molecule has 0 spiro atoms. The van der Waals surface area contributed by atoms with Crippen molar-refractivity contribution in [2.75, 3.05) is 31.9 Å². The topological polar surface area (TPSA) is 32.5 Å². The van der Waals surface area contributed by atoms with Gasteiger partial charge in [0.15, 0.2) is 0 Å². The summed E-state index contributed by atoms with van der Waals surface area (Å²) in [6.45, 7) is 5.94. The smallest absolute Gasteiger partial charge is 0.0638 e. The molecular weight excluding hydrogens is 258 g/mol. The molecule has 1 atom stereocenters. The fourth-order valence-electron chi connectivity index (χ4n) is 3.35. The molecule has 2 aliphatic heterocycles. The van der Waals surface area contributed by atoms with Gasteiger partial charge in [-0.3, -0.25) is 9.80 Å². The SMILES string of the molecule is Nc1ccc(CN2CCCN3CCCC3C2)cc1Cl. The Kier molecular flexibility index (Phi) is 3.96. The molecule has 104 valence electrons. The molecule has 0 aliphatic carbocycles. The molecule has 2 fully saturated rings. The van der Waals surface area contributed by atoms with Crippen molar-refractivity contribution in [1.29, 1.82) is 0 Å². The van der Waals surface area contributed by atoms with Crippen LogP contribution in [0.3, 0.4) is 0 Å². The van der Waals surface area contributed by atoms with E-state index in [1.165, 1.54) is 51.0 Å². The highest BCUT2D eigenvalue weighted by Crippen LogP contribution is 2.24. The number of nitrogens with two attached hydrogens (primary N) is 1. The fourth-order valence-corrected chi connectivity index (χ4v) is 3.56. The molecule has 2 N–H and O–H groups in total. The molecule has 3 rings (SSSR count). The number of rotatable bonds is 2. The van der Waals surface area contributed by atoms with Crippen LogP contribution in [0.5, 0.6) is 0 Å². The summed E-state index contributed by atoms with van der Waals surface area (Å²) in [5, 5.41) is 0.676. The second-order valence-corrected chi connectivity index (χ2v) is 6.18. The largest absolute Gasteiger partial charge is 0.398 e. The summed E-state index contributed by atoms with van der Waals surface area (Å²) in [7, 11) is 0. The Morgan fingerprint density at radius 1 is 1.21 bits per heavy atom. The molecule has 0 aromatic heterocycles. The third-order valence-corrected chi connectivity index (χ3v) is 4.69. The predicted octanol–water partition coefficient (Wildman–Crippen LogP) is 2.59. The zero-order chi connectivity index (χ0) is 13.2. The molecule has 2 aliphatic rings. The highest BCUT2D eigenvalue weighted by atomic mass is 35.5. The number of hydrogen-bond donors (Lipinski definition) is 1. The Hall–Kier alpha value is -0.770. The maximum atomic E-state index is 6.10. The summed E-state index contributed by atoms with van der Waals surface area (Å²) in [4.78, 5) is 5.23. The molecule has 0 amide bonds. The standard InChI is InChI=1S/C15H22ClN3/c16-14-9-12(4-5-15(14)17)10-18-6-2-8-19-7-1-3-13(19)11-18/h4-5,9,13H,1-3,6-8,10-11,17H2. The average Bonchev–Trinajstić information content (AvgIpc) is 2.73. The van der Waals surface area contributed by atoms with Crippen LogP contribution in [0, 0.1) is 0 Å². The van der Waals surface area contributed by atoms with Crippen LogP contribution >= 0.6 is 11.6 Å². The van der Waals surface area contributed by atoms with Gasteiger partial charge in [0.1, 0.15) is 0 Å². The first-order chi connectivity index (χ1) is 9.22. The van der Waals surface area contributed by atoms with Crippen LogP contribution < -0.4 is 5.73 Å². The van der Waals surface area contributed by atoms with Gasteiger partial charge in [0.2, 0.25) is 0 Å². The Morgan fingerprint density at radius 2 is 2.05 bits per heavy atom. The van der Waals surface area contributed by atoms with Gasteiger partial charge in [0, 0.05) is 19.1 Å². The van der Waals surface area contributed by atoms with E-state index in [0.717, 1.165) is 12.6 Å². The van der Waals surface area contributed by atoms with Gasteiger partial charge in [-0.25, -0.2) is 0 Å². The summed E-state index contributed by atoms with van der Waals surface area (Å²) in [5.74, 6) is 0. The number of benzene rings is 1. The first-order valence-corrected chi connectivity index (χ1v) is 7.60. The molecule has 1 aromatic carbocycles. The first kappa shape index (κ1) is 13.2. The first-order valence-electron chi connectivity index (χ1n) is 7.23. The molecule has 2 saturated heterocycles. The van der Waals surface area contributed by atoms with Gasteiger partial charge in [-0.2, -0.15) is 0 Å². The zero-order valence-electron chi connectivity index (χ0n) is 11.3. The lowest BCUT2D eigenvalue weighted by molar-refractivity contribution is 0.215. The van der Waals surface area contributed by atoms with Crippen LogP contribution in [0.4, 0.5) is 5.69 Å². The summed E-state index contributed by atoms with van der Waals surface area (Å²) in [6, 6.07) is 6.79. The van der Waals surface area contributed by atoms with Gasteiger partial charge in [-0.1, -0.05) is 17.7 Å². The van der Waals surface area contributed by atoms with Crippen LogP contribution in [0.15, 0.2) is 18.2 Å². The van der Waals surface area contributed by atoms with Crippen molar-refractivity contribution in [2.45, 2.75) is 31.8 Å². The molecule has 0 saturated carbocycles. The number of nitrogens with zero attached hydrogens (tertiary/aromatic N) is 2. The molecule has 1 unspecified atom stereocenters. The minimum atomic E-state index is 0.670. The van der Waals surface area contributed by atoms with E-state index < -0.39 is 0 Å². The van der Waals surface area contributed by atoms with Crippen LogP contribution in [0.1, 0.15) is 24.8 Å². The maximum absolute atomic E-state index is 6.10. The van der Waals surface area contributed by atoms with E-state index in [2.05, 4.69) is 15.9 Å². The van der Waals surface area contributed by atoms with Gasteiger partial charge in [0.25, 0.3) is 0 Å². The van der Waals surface area contributed by atoms with Gasteiger partial charge < -0.3 is 5.73 Å². The molecule has 1 aromatic rings. The highest BCUT2D eigenvalue weighted by Gasteiger charge is 2.28. The van der Waals surface area contributed by atoms with E-state index in [9.17, 15) is 0 Å². The molecule has 2 heterocycles. The number of halogens is 1. The van der Waals surface area contributed by atoms with E-state index in [-0.39, 0.29) is 0 Å². The summed E-state index contributed by atoms with van der Waals surface area (Å²) in [6.07, 6.45) is 4.00. The second-order valence-electron chi connectivity index (χ2n) is 5.78. The number of nitrogen functional groups attached to an aromatic ring is 1. The number of fused-ring (bicyclic) bond motifs is 1. The van der Waals surface area contributed by atoms with Crippen molar-refractivity contribution in [1.82, 2.24) is 9.80 Å². The van der Waals surface area contributed by atoms with Gasteiger partial charge in [-0.15, -0.1) is 0 Å². The zero-order valence-corrected chi connectivity index (χ0v) is 12.1. The number of anilines is 1. The highest BCUT2D eigenvalue weighted by molar-refractivity contribution is 6.33. The monoisotopic (exact) mass is 279 g/mol. The number of hydrogen-bond acceptors (Lipinski definition) is 3. The Balaban J connectivity index is 1.66. The lowest BCUT2D eigenvalue weighted by atomic mass is 10.1. The van der Waals surface area contributed by atoms with Crippen LogP contribution in [0.2, 0.25) is 5.02 Å². The normalized spacial score (nSPS) is 25.2. The Bertz CT molecular complexity index is 449. The van der Waals surface area contributed by atoms with E-state index in [0.29, 0.717) is 10.7 Å². The minimum absolute atomic E-state index is 0.670. The summed E-state index contributed by atoms with van der Waals surface area (Å²) >= 11 is 6.10. The maximum Gasteiger partial charge on any atom is 0.0638 e. The molecule has 0 radical (unpaired) electrons. The van der Waals surface area contributed by atoms with Gasteiger partial charge >= 0.3 is 0 Å². The van der Waals surface area contributed by atoms with Gasteiger partial charge in [0.05, 0.1) is 10.7 Å². The van der Waals surface area contributed by atoms with E-state index >= 15 is 0 Å². The van der Waals surface area contributed by atoms with Crippen LogP contribution in [0.25, 0.3) is 0 Å². The third-order valence-electron chi connectivity index (χ3n) is 4.36. The molecule has 19 heavy (non-hydrogen) atoms. The molecule has 4 heteroatoms. The quantitative estimate of drug-likeness (QED) is 0.845. The van der Waals surface area contributed by atoms with Crippen molar-refractivity contribution in [3.05, 3.63) is 28.8 Å². The van der Waals surface area contributed by atoms with Gasteiger partial charge in [-0.05, 0) is 56.6 Å². The molecular formula is C15H22ClN3. The van der Waals surface area contributed by atoms with E-state index in [4.69, 9.17) is 17.3 Å². The van der Waals surface area contributed by atoms with Crippen molar-refractivity contribution in [3.63, 3.8) is 0 Å². The van der Waals surface area contributed by atoms with E-state index in [1.54, 1.807) is 0 Å². The lowest BCUT2D eigenvalue weighted by Crippen LogP contribution is -2.36. The second kappa shape index (κ2) is 5.70. The van der Waals surface area contributed by atoms with Crippen molar-refractivity contribution in [3.8, 4) is 0 Å². The summed E-state index contributed by atoms with van der Waals surface area (Å²) < 4.78 is 0. The molecule has 0 bridgehead atoms. The third kappa shape index (κ3) is 3.04. The van der Waals surface area contributed by atoms with E-state index in [1.807, 2.05) is 12.1 Å². The van der Waals surface area contributed by atoms with Crippen molar-refractivity contribution < 1.29 is 0 Å². The van der Waals surface area contributed by atoms with Crippen molar-refractivity contribution in [2.24, 2.45) is 0 Å². The molecule has 3 nitrogen and oxygen atoms in total. The van der Waals surface area contributed by atoms with Crippen LogP contribution in [-0.4, -0.2) is 42.0 Å². The minimum Gasteiger partial charge on any atom is -0.398 e.